The Kier molecular flexibility index (Phi) is 7.26. The van der Waals surface area contributed by atoms with E-state index in [-0.39, 0.29) is 5.78 Å². The van der Waals surface area contributed by atoms with Crippen LogP contribution in [-0.4, -0.2) is 27.8 Å². The number of carboxylic acid groups (broad SMARTS) is 1. The second-order valence-electron chi connectivity index (χ2n) is 6.22. The maximum absolute atomic E-state index is 11.8. The first-order valence-corrected chi connectivity index (χ1v) is 8.85. The van der Waals surface area contributed by atoms with Crippen LogP contribution in [0.1, 0.15) is 35.5 Å². The van der Waals surface area contributed by atoms with Crippen molar-refractivity contribution in [1.29, 1.82) is 0 Å². The summed E-state index contributed by atoms with van der Waals surface area (Å²) >= 11 is 0. The van der Waals surface area contributed by atoms with E-state index in [2.05, 4.69) is 16.9 Å². The van der Waals surface area contributed by atoms with Crippen LogP contribution in [0.25, 0.3) is 11.1 Å². The zero-order valence-electron chi connectivity index (χ0n) is 16.2. The van der Waals surface area contributed by atoms with E-state index in [0.29, 0.717) is 16.8 Å². The first kappa shape index (κ1) is 21.4. The Morgan fingerprint density at radius 3 is 2.48 bits per heavy atom. The number of H-pyrrole nitrogens is 1. The number of allylic oxidation sites excluding steroid dienone is 5. The summed E-state index contributed by atoms with van der Waals surface area (Å²) in [6, 6.07) is 8.85. The molecular formula is C23H22N2O4. The van der Waals surface area contributed by atoms with E-state index in [4.69, 9.17) is 5.11 Å². The van der Waals surface area contributed by atoms with Gasteiger partial charge in [0.1, 0.15) is 0 Å². The lowest BCUT2D eigenvalue weighted by Gasteiger charge is -2.07. The highest BCUT2D eigenvalue weighted by atomic mass is 16.4. The molecule has 3 N–H and O–H groups in total. The van der Waals surface area contributed by atoms with Crippen molar-refractivity contribution in [3.8, 4) is 0 Å². The molecule has 6 nitrogen and oxygen atoms in total. The molecule has 1 aromatic heterocycles. The van der Waals surface area contributed by atoms with Crippen LogP contribution < -0.4 is 5.32 Å². The predicted molar refractivity (Wildman–Crippen MR) is 114 cm³/mol. The molecule has 1 amide bonds. The molecule has 6 heteroatoms. The summed E-state index contributed by atoms with van der Waals surface area (Å²) in [7, 11) is 0. The van der Waals surface area contributed by atoms with E-state index in [1.54, 1.807) is 30.5 Å². The third-order valence-electron chi connectivity index (χ3n) is 3.95. The van der Waals surface area contributed by atoms with Gasteiger partial charge in [0.05, 0.1) is 0 Å². The molecule has 0 unspecified atom stereocenters. The summed E-state index contributed by atoms with van der Waals surface area (Å²) in [5, 5.41) is 11.2. The van der Waals surface area contributed by atoms with Gasteiger partial charge in [-0.1, -0.05) is 30.9 Å². The number of ketones is 1. The van der Waals surface area contributed by atoms with Crippen LogP contribution in [0.2, 0.25) is 0 Å². The van der Waals surface area contributed by atoms with Crippen LogP contribution in [0.15, 0.2) is 73.5 Å². The van der Waals surface area contributed by atoms with Crippen LogP contribution in [-0.2, 0) is 9.59 Å². The normalized spacial score (nSPS) is 11.7. The Morgan fingerprint density at radius 2 is 1.86 bits per heavy atom. The Morgan fingerprint density at radius 1 is 1.10 bits per heavy atom. The van der Waals surface area contributed by atoms with Gasteiger partial charge in [-0.15, -0.1) is 0 Å². The number of anilines is 1. The second-order valence-corrected chi connectivity index (χ2v) is 6.22. The fourth-order valence-corrected chi connectivity index (χ4v) is 2.56. The first-order valence-electron chi connectivity index (χ1n) is 8.85. The van der Waals surface area contributed by atoms with Gasteiger partial charge < -0.3 is 15.4 Å². The van der Waals surface area contributed by atoms with Crippen molar-refractivity contribution < 1.29 is 19.5 Å². The number of benzene rings is 1. The van der Waals surface area contributed by atoms with Gasteiger partial charge in [0, 0.05) is 35.3 Å². The van der Waals surface area contributed by atoms with E-state index < -0.39 is 11.9 Å². The van der Waals surface area contributed by atoms with Crippen molar-refractivity contribution in [2.24, 2.45) is 0 Å². The first-order chi connectivity index (χ1) is 13.8. The molecule has 29 heavy (non-hydrogen) atoms. The highest BCUT2D eigenvalue weighted by molar-refractivity contribution is 6.02. The quantitative estimate of drug-likeness (QED) is 0.352. The van der Waals surface area contributed by atoms with Crippen molar-refractivity contribution in [2.75, 3.05) is 5.32 Å². The molecule has 0 fully saturated rings. The maximum Gasteiger partial charge on any atom is 0.328 e. The molecule has 0 atom stereocenters. The van der Waals surface area contributed by atoms with Crippen LogP contribution in [0.4, 0.5) is 5.69 Å². The molecule has 2 aromatic rings. The number of carbonyl (C=O) groups excluding carboxylic acids is 2. The van der Waals surface area contributed by atoms with Crippen LogP contribution >= 0.6 is 0 Å². The Bertz CT molecular complexity index is 1040. The third-order valence-corrected chi connectivity index (χ3v) is 3.95. The SMILES string of the molecule is C=C(/C=C(\C=C/C)c1cc(C(C)=O)c[nH]1)c1cccc(NC(=O)/C=C\C(=O)O)c1. The molecule has 1 heterocycles. The standard InChI is InChI=1S/C23H22N2O4/c1-4-6-18(21-13-19(14-24-21)16(3)26)11-15(2)17-7-5-8-20(12-17)25-22(27)9-10-23(28)29/h4-14,24H,2H2,1,3H3,(H,25,27)(H,28,29)/b6-4-,10-9-,18-11+. The maximum atomic E-state index is 11.8. The van der Waals surface area contributed by atoms with Crippen molar-refractivity contribution >= 4 is 34.5 Å². The minimum atomic E-state index is -1.19. The van der Waals surface area contributed by atoms with Crippen molar-refractivity contribution in [2.45, 2.75) is 13.8 Å². The number of Topliss-reactive ketones (excluding diaryl/α,β-unsaturated/α-hetero) is 1. The molecule has 0 radical (unpaired) electrons. The molecular weight excluding hydrogens is 368 g/mol. The lowest BCUT2D eigenvalue weighted by Crippen LogP contribution is -2.08. The van der Waals surface area contributed by atoms with E-state index in [9.17, 15) is 14.4 Å². The number of hydrogen-bond donors (Lipinski definition) is 3. The van der Waals surface area contributed by atoms with Crippen molar-refractivity contribution in [3.63, 3.8) is 0 Å². The number of aromatic nitrogens is 1. The third kappa shape index (κ3) is 6.32. The minimum Gasteiger partial charge on any atom is -0.478 e. The Hall–Kier alpha value is -3.93. The van der Waals surface area contributed by atoms with E-state index >= 15 is 0 Å². The van der Waals surface area contributed by atoms with E-state index in [0.717, 1.165) is 29.0 Å². The van der Waals surface area contributed by atoms with Gasteiger partial charge in [0.2, 0.25) is 5.91 Å². The summed E-state index contributed by atoms with van der Waals surface area (Å²) in [4.78, 5) is 36.9. The highest BCUT2D eigenvalue weighted by Gasteiger charge is 2.08. The number of carboxylic acids is 1. The number of aliphatic carboxylic acids is 1. The summed E-state index contributed by atoms with van der Waals surface area (Å²) < 4.78 is 0. The van der Waals surface area contributed by atoms with Gasteiger partial charge in [0.15, 0.2) is 5.78 Å². The lowest BCUT2D eigenvalue weighted by atomic mass is 10.0. The van der Waals surface area contributed by atoms with Crippen molar-refractivity contribution in [3.05, 3.63) is 90.3 Å². The molecule has 0 aliphatic carbocycles. The lowest BCUT2D eigenvalue weighted by molar-refractivity contribution is -0.131. The zero-order valence-corrected chi connectivity index (χ0v) is 16.2. The smallest absolute Gasteiger partial charge is 0.328 e. The summed E-state index contributed by atoms with van der Waals surface area (Å²) in [6.07, 6.45) is 9.06. The Labute approximate surface area is 169 Å². The summed E-state index contributed by atoms with van der Waals surface area (Å²) in [5.41, 5.74) is 4.24. The topological polar surface area (TPSA) is 99.3 Å². The van der Waals surface area contributed by atoms with E-state index in [1.165, 1.54) is 6.92 Å². The van der Waals surface area contributed by atoms with Gasteiger partial charge in [0.25, 0.3) is 0 Å². The highest BCUT2D eigenvalue weighted by Crippen LogP contribution is 2.24. The van der Waals surface area contributed by atoms with Gasteiger partial charge in [-0.3, -0.25) is 9.59 Å². The van der Waals surface area contributed by atoms with Crippen molar-refractivity contribution in [1.82, 2.24) is 4.98 Å². The molecule has 0 saturated heterocycles. The summed E-state index contributed by atoms with van der Waals surface area (Å²) in [5.74, 6) is -1.75. The number of carbonyl (C=O) groups is 3. The minimum absolute atomic E-state index is 0.0217. The zero-order chi connectivity index (χ0) is 21.4. The van der Waals surface area contributed by atoms with Crippen LogP contribution in [0.5, 0.6) is 0 Å². The fraction of sp³-hybridized carbons (Fsp3) is 0.0870. The number of amides is 1. The molecule has 1 aromatic carbocycles. The molecule has 2 rings (SSSR count). The second kappa shape index (κ2) is 9.85. The molecule has 0 aliphatic heterocycles. The average molecular weight is 390 g/mol. The molecule has 0 saturated carbocycles. The molecule has 0 bridgehead atoms. The number of rotatable bonds is 8. The average Bonchev–Trinajstić information content (AvgIpc) is 3.16. The number of hydrogen-bond acceptors (Lipinski definition) is 3. The van der Waals surface area contributed by atoms with Gasteiger partial charge in [-0.25, -0.2) is 4.79 Å². The van der Waals surface area contributed by atoms with E-state index in [1.807, 2.05) is 31.2 Å². The van der Waals surface area contributed by atoms with Crippen LogP contribution in [0, 0.1) is 0 Å². The Balaban J connectivity index is 2.26. The molecule has 148 valence electrons. The monoisotopic (exact) mass is 390 g/mol. The van der Waals surface area contributed by atoms with Gasteiger partial charge in [-0.2, -0.15) is 0 Å². The molecule has 0 spiro atoms. The molecule has 0 aliphatic rings. The van der Waals surface area contributed by atoms with Gasteiger partial charge in [-0.05, 0) is 54.8 Å². The largest absolute Gasteiger partial charge is 0.478 e. The predicted octanol–water partition coefficient (Wildman–Crippen LogP) is 4.47. The number of aromatic amines is 1. The number of nitrogens with one attached hydrogen (secondary N) is 2. The van der Waals surface area contributed by atoms with Crippen LogP contribution in [0.3, 0.4) is 0 Å². The summed E-state index contributed by atoms with van der Waals surface area (Å²) in [6.45, 7) is 7.50. The van der Waals surface area contributed by atoms with Gasteiger partial charge >= 0.3 is 5.97 Å². The fourth-order valence-electron chi connectivity index (χ4n) is 2.56.